The van der Waals surface area contributed by atoms with Crippen LogP contribution in [-0.4, -0.2) is 75.4 Å². The molecule has 0 saturated carbocycles. The first kappa shape index (κ1) is 18.9. The smallest absolute Gasteiger partial charge is 0.251 e. The highest BCUT2D eigenvalue weighted by molar-refractivity contribution is 7.91. The van der Waals surface area contributed by atoms with Crippen LogP contribution in [0.4, 0.5) is 0 Å². The van der Waals surface area contributed by atoms with E-state index in [4.69, 9.17) is 0 Å². The number of nitrogens with zero attached hydrogens (tertiary/aromatic N) is 2. The molecule has 1 N–H and O–H groups in total. The molecule has 0 bridgehead atoms. The molecule has 0 atom stereocenters. The minimum atomic E-state index is -2.86. The van der Waals surface area contributed by atoms with E-state index in [1.807, 2.05) is 31.3 Å². The number of carbonyl (C=O) groups is 1. The molecule has 6 nitrogen and oxygen atoms in total. The Labute approximate surface area is 144 Å². The van der Waals surface area contributed by atoms with E-state index in [1.54, 1.807) is 0 Å². The molecule has 1 aromatic rings. The van der Waals surface area contributed by atoms with Gasteiger partial charge in [0.25, 0.3) is 5.91 Å². The number of rotatable bonds is 7. The van der Waals surface area contributed by atoms with E-state index in [0.29, 0.717) is 31.7 Å². The Balaban J connectivity index is 1.88. The summed E-state index contributed by atoms with van der Waals surface area (Å²) in [7, 11) is -0.839. The van der Waals surface area contributed by atoms with Gasteiger partial charge in [0, 0.05) is 38.3 Å². The largest absolute Gasteiger partial charge is 0.351 e. The van der Waals surface area contributed by atoms with Gasteiger partial charge in [0.05, 0.1) is 11.5 Å². The Kier molecular flexibility index (Phi) is 6.77. The Morgan fingerprint density at radius 1 is 1.29 bits per heavy atom. The van der Waals surface area contributed by atoms with Crippen LogP contribution in [0, 0.1) is 0 Å². The minimum Gasteiger partial charge on any atom is -0.351 e. The van der Waals surface area contributed by atoms with Gasteiger partial charge >= 0.3 is 0 Å². The van der Waals surface area contributed by atoms with Gasteiger partial charge < -0.3 is 10.2 Å². The van der Waals surface area contributed by atoms with Crippen molar-refractivity contribution in [3.63, 3.8) is 0 Å². The highest BCUT2D eigenvalue weighted by Crippen LogP contribution is 2.11. The number of carbonyl (C=O) groups excluding carboxylic acids is 1. The van der Waals surface area contributed by atoms with E-state index >= 15 is 0 Å². The lowest BCUT2D eigenvalue weighted by Crippen LogP contribution is -2.39. The topological polar surface area (TPSA) is 69.7 Å². The zero-order valence-electron chi connectivity index (χ0n) is 14.5. The SMILES string of the molecule is CCN(C)CCNC(=O)c1cccc(CN2CCS(=O)(=O)CC2)c1. The third-order valence-corrected chi connectivity index (χ3v) is 5.96. The summed E-state index contributed by atoms with van der Waals surface area (Å²) in [4.78, 5) is 16.5. The molecule has 0 aliphatic carbocycles. The van der Waals surface area contributed by atoms with Crippen molar-refractivity contribution in [1.82, 2.24) is 15.1 Å². The van der Waals surface area contributed by atoms with Crippen LogP contribution in [0.1, 0.15) is 22.8 Å². The summed E-state index contributed by atoms with van der Waals surface area (Å²) in [5, 5.41) is 2.93. The minimum absolute atomic E-state index is 0.0671. The van der Waals surface area contributed by atoms with Gasteiger partial charge in [-0.25, -0.2) is 8.42 Å². The molecule has 1 amide bonds. The monoisotopic (exact) mass is 353 g/mol. The van der Waals surface area contributed by atoms with Crippen molar-refractivity contribution < 1.29 is 13.2 Å². The molecule has 0 unspecified atom stereocenters. The normalized spacial score (nSPS) is 17.8. The highest BCUT2D eigenvalue weighted by Gasteiger charge is 2.21. The van der Waals surface area contributed by atoms with Crippen molar-refractivity contribution in [1.29, 1.82) is 0 Å². The average Bonchev–Trinajstić information content (AvgIpc) is 2.57. The fraction of sp³-hybridized carbons (Fsp3) is 0.588. The number of amides is 1. The van der Waals surface area contributed by atoms with Gasteiger partial charge in [-0.2, -0.15) is 0 Å². The summed E-state index contributed by atoms with van der Waals surface area (Å²) in [6.45, 7) is 6.27. The number of likely N-dealkylation sites (N-methyl/N-ethyl adjacent to an activating group) is 1. The summed E-state index contributed by atoms with van der Waals surface area (Å²) in [6, 6.07) is 7.55. The molecule has 1 aromatic carbocycles. The van der Waals surface area contributed by atoms with E-state index in [9.17, 15) is 13.2 Å². The van der Waals surface area contributed by atoms with Gasteiger partial charge in [-0.1, -0.05) is 19.1 Å². The van der Waals surface area contributed by atoms with E-state index in [-0.39, 0.29) is 17.4 Å². The molecule has 1 heterocycles. The third-order valence-electron chi connectivity index (χ3n) is 4.35. The Morgan fingerprint density at radius 3 is 2.67 bits per heavy atom. The quantitative estimate of drug-likeness (QED) is 0.777. The molecule has 1 fully saturated rings. The molecule has 1 aliphatic heterocycles. The second-order valence-corrected chi connectivity index (χ2v) is 8.58. The van der Waals surface area contributed by atoms with Crippen LogP contribution >= 0.6 is 0 Å². The Morgan fingerprint density at radius 2 is 2.00 bits per heavy atom. The Hall–Kier alpha value is -1.44. The molecular formula is C17H27N3O3S. The number of sulfone groups is 1. The number of benzene rings is 1. The number of nitrogens with one attached hydrogen (secondary N) is 1. The van der Waals surface area contributed by atoms with Gasteiger partial charge in [-0.3, -0.25) is 9.69 Å². The van der Waals surface area contributed by atoms with E-state index in [2.05, 4.69) is 22.0 Å². The predicted octanol–water partition coefficient (Wildman–Crippen LogP) is 0.599. The van der Waals surface area contributed by atoms with Crippen LogP contribution in [-0.2, 0) is 16.4 Å². The van der Waals surface area contributed by atoms with Crippen LogP contribution in [0.3, 0.4) is 0 Å². The van der Waals surface area contributed by atoms with Crippen molar-refractivity contribution >= 4 is 15.7 Å². The van der Waals surface area contributed by atoms with Crippen LogP contribution in [0.25, 0.3) is 0 Å². The van der Waals surface area contributed by atoms with Gasteiger partial charge in [0.1, 0.15) is 0 Å². The highest BCUT2D eigenvalue weighted by atomic mass is 32.2. The van der Waals surface area contributed by atoms with Crippen LogP contribution < -0.4 is 5.32 Å². The van der Waals surface area contributed by atoms with E-state index < -0.39 is 9.84 Å². The zero-order chi connectivity index (χ0) is 17.6. The Bertz CT molecular complexity index is 647. The maximum Gasteiger partial charge on any atom is 0.251 e. The summed E-state index contributed by atoms with van der Waals surface area (Å²) in [6.07, 6.45) is 0. The molecule has 0 aromatic heterocycles. The summed E-state index contributed by atoms with van der Waals surface area (Å²) in [5.74, 6) is 0.374. The molecule has 1 saturated heterocycles. The molecule has 0 spiro atoms. The first-order valence-electron chi connectivity index (χ1n) is 8.38. The number of hydrogen-bond acceptors (Lipinski definition) is 5. The lowest BCUT2D eigenvalue weighted by molar-refractivity contribution is 0.0950. The second kappa shape index (κ2) is 8.60. The van der Waals surface area contributed by atoms with Crippen molar-refractivity contribution in [3.8, 4) is 0 Å². The third kappa shape index (κ3) is 5.89. The van der Waals surface area contributed by atoms with Crippen LogP contribution in [0.15, 0.2) is 24.3 Å². The zero-order valence-corrected chi connectivity index (χ0v) is 15.3. The predicted molar refractivity (Wildman–Crippen MR) is 95.9 cm³/mol. The van der Waals surface area contributed by atoms with E-state index in [0.717, 1.165) is 18.7 Å². The fourth-order valence-corrected chi connectivity index (χ4v) is 3.87. The second-order valence-electron chi connectivity index (χ2n) is 6.28. The fourth-order valence-electron chi connectivity index (χ4n) is 2.60. The molecule has 0 radical (unpaired) electrons. The van der Waals surface area contributed by atoms with Crippen LogP contribution in [0.5, 0.6) is 0 Å². The number of hydrogen-bond donors (Lipinski definition) is 1. The van der Waals surface area contributed by atoms with Crippen molar-refractivity contribution in [2.24, 2.45) is 0 Å². The van der Waals surface area contributed by atoms with Crippen molar-refractivity contribution in [3.05, 3.63) is 35.4 Å². The molecular weight excluding hydrogens is 326 g/mol. The van der Waals surface area contributed by atoms with E-state index in [1.165, 1.54) is 0 Å². The lowest BCUT2D eigenvalue weighted by atomic mass is 10.1. The maximum atomic E-state index is 12.2. The van der Waals surface area contributed by atoms with Gasteiger partial charge in [-0.05, 0) is 31.3 Å². The first-order valence-corrected chi connectivity index (χ1v) is 10.2. The van der Waals surface area contributed by atoms with Gasteiger partial charge in [-0.15, -0.1) is 0 Å². The van der Waals surface area contributed by atoms with Gasteiger partial charge in [0.15, 0.2) is 9.84 Å². The van der Waals surface area contributed by atoms with Crippen molar-refractivity contribution in [2.75, 3.05) is 51.3 Å². The molecule has 1 aliphatic rings. The van der Waals surface area contributed by atoms with Crippen molar-refractivity contribution in [2.45, 2.75) is 13.5 Å². The summed E-state index contributed by atoms with van der Waals surface area (Å²) >= 11 is 0. The molecule has 2 rings (SSSR count). The molecule has 7 heteroatoms. The molecule has 134 valence electrons. The summed E-state index contributed by atoms with van der Waals surface area (Å²) in [5.41, 5.74) is 1.68. The maximum absolute atomic E-state index is 12.2. The van der Waals surface area contributed by atoms with Gasteiger partial charge in [0.2, 0.25) is 0 Å². The first-order chi connectivity index (χ1) is 11.4. The lowest BCUT2D eigenvalue weighted by Gasteiger charge is -2.26. The average molecular weight is 353 g/mol. The standard InChI is InChI=1S/C17H27N3O3S/c1-3-19(2)8-7-18-17(21)16-6-4-5-15(13-16)14-20-9-11-24(22,23)12-10-20/h4-6,13H,3,7-12,14H2,1-2H3,(H,18,21). The summed E-state index contributed by atoms with van der Waals surface area (Å²) < 4.78 is 23.0. The van der Waals surface area contributed by atoms with Crippen LogP contribution in [0.2, 0.25) is 0 Å². The molecule has 24 heavy (non-hydrogen) atoms.